The van der Waals surface area contributed by atoms with E-state index < -0.39 is 0 Å². The number of benzene rings is 10. The van der Waals surface area contributed by atoms with E-state index in [2.05, 4.69) is 281 Å². The molecular formula is C63H46Br2IN. The van der Waals surface area contributed by atoms with Gasteiger partial charge in [0.25, 0.3) is 0 Å². The van der Waals surface area contributed by atoms with Gasteiger partial charge in [-0.3, -0.25) is 0 Å². The van der Waals surface area contributed by atoms with Crippen molar-refractivity contribution in [3.8, 4) is 39.1 Å². The summed E-state index contributed by atoms with van der Waals surface area (Å²) < 4.78 is 6.04. The van der Waals surface area contributed by atoms with Crippen molar-refractivity contribution in [2.75, 3.05) is 0 Å². The van der Waals surface area contributed by atoms with E-state index in [1.807, 2.05) is 0 Å². The average Bonchev–Trinajstić information content (AvgIpc) is 4.00. The van der Waals surface area contributed by atoms with Crippen molar-refractivity contribution in [3.05, 3.63) is 240 Å². The molecule has 0 bridgehead atoms. The molecule has 3 aliphatic rings. The number of para-hydroxylation sites is 1. The van der Waals surface area contributed by atoms with Crippen molar-refractivity contribution in [2.45, 2.75) is 44.9 Å². The van der Waals surface area contributed by atoms with Gasteiger partial charge in [0.15, 0.2) is 0 Å². The van der Waals surface area contributed by atoms with E-state index in [0.29, 0.717) is 0 Å². The van der Waals surface area contributed by atoms with Gasteiger partial charge in [0.05, 0.1) is 11.0 Å². The molecule has 1 nitrogen and oxygen atoms in total. The third kappa shape index (κ3) is 7.04. The van der Waals surface area contributed by atoms with Gasteiger partial charge in [-0.25, -0.2) is 0 Å². The Balaban J connectivity index is 0.000000116. The molecule has 1 aromatic heterocycles. The predicted molar refractivity (Wildman–Crippen MR) is 300 cm³/mol. The summed E-state index contributed by atoms with van der Waals surface area (Å²) >= 11 is 9.64. The molecule has 0 saturated heterocycles. The molecule has 0 saturated carbocycles. The SMILES string of the molecule is CC1(C)c2cc(Br)ccc2-c2ccc(-n3c4ccccc4c4cc5ccccc5cc43)cc21.CC1(C)c2cc(Br)ccc2-c2ccc(I)cc21.c1ccc2c(c1)Cc1cc3ccccc3cc1-2. The first kappa shape index (κ1) is 42.6. The van der Waals surface area contributed by atoms with E-state index in [0.717, 1.165) is 15.4 Å². The van der Waals surface area contributed by atoms with Crippen LogP contribution in [0.4, 0.5) is 0 Å². The number of nitrogens with zero attached hydrogens (tertiary/aromatic N) is 1. The van der Waals surface area contributed by atoms with Crippen LogP contribution in [0.2, 0.25) is 0 Å². The highest BCUT2D eigenvalue weighted by atomic mass is 127. The molecular weight excluding hydrogens is 1060 g/mol. The largest absolute Gasteiger partial charge is 0.309 e. The quantitative estimate of drug-likeness (QED) is 0.144. The Labute approximate surface area is 422 Å². The third-order valence-electron chi connectivity index (χ3n) is 14.7. The second-order valence-corrected chi connectivity index (χ2v) is 22.4. The third-order valence-corrected chi connectivity index (χ3v) is 16.3. The molecule has 0 N–H and O–H groups in total. The molecule has 3 aliphatic carbocycles. The van der Waals surface area contributed by atoms with Crippen LogP contribution in [-0.2, 0) is 17.3 Å². The second-order valence-electron chi connectivity index (χ2n) is 19.3. The van der Waals surface area contributed by atoms with Gasteiger partial charge < -0.3 is 4.57 Å². The van der Waals surface area contributed by atoms with Crippen molar-refractivity contribution in [1.82, 2.24) is 4.57 Å². The summed E-state index contributed by atoms with van der Waals surface area (Å²) in [7, 11) is 0. The molecule has 324 valence electrons. The zero-order chi connectivity index (χ0) is 45.8. The summed E-state index contributed by atoms with van der Waals surface area (Å²) in [6.07, 6.45) is 1.08. The van der Waals surface area contributed by atoms with E-state index in [1.165, 1.54) is 119 Å². The van der Waals surface area contributed by atoms with Crippen molar-refractivity contribution in [2.24, 2.45) is 0 Å². The first-order valence-corrected chi connectivity index (χ1v) is 25.7. The number of hydrogen-bond donors (Lipinski definition) is 0. The fraction of sp³-hybridized carbons (Fsp3) is 0.111. The molecule has 0 radical (unpaired) electrons. The van der Waals surface area contributed by atoms with Crippen molar-refractivity contribution in [1.29, 1.82) is 0 Å². The van der Waals surface area contributed by atoms with E-state index >= 15 is 0 Å². The van der Waals surface area contributed by atoms with Gasteiger partial charge in [0.1, 0.15) is 0 Å². The lowest BCUT2D eigenvalue weighted by molar-refractivity contribution is 0.659. The summed E-state index contributed by atoms with van der Waals surface area (Å²) in [6, 6.07) is 71.1. The van der Waals surface area contributed by atoms with Gasteiger partial charge in [-0.1, -0.05) is 181 Å². The van der Waals surface area contributed by atoms with Gasteiger partial charge >= 0.3 is 0 Å². The highest BCUT2D eigenvalue weighted by molar-refractivity contribution is 14.1. The van der Waals surface area contributed by atoms with Crippen LogP contribution in [0.1, 0.15) is 61.1 Å². The maximum atomic E-state index is 3.68. The van der Waals surface area contributed by atoms with E-state index in [1.54, 1.807) is 0 Å². The molecule has 14 rings (SSSR count). The van der Waals surface area contributed by atoms with Crippen LogP contribution in [0.3, 0.4) is 0 Å². The highest BCUT2D eigenvalue weighted by Gasteiger charge is 2.37. The van der Waals surface area contributed by atoms with E-state index in [4.69, 9.17) is 0 Å². The molecule has 1 heterocycles. The van der Waals surface area contributed by atoms with Crippen LogP contribution < -0.4 is 0 Å². The molecule has 0 spiro atoms. The molecule has 4 heteroatoms. The van der Waals surface area contributed by atoms with Gasteiger partial charge in [-0.05, 0) is 190 Å². The van der Waals surface area contributed by atoms with Crippen molar-refractivity contribution in [3.63, 3.8) is 0 Å². The summed E-state index contributed by atoms with van der Waals surface area (Å²) in [4.78, 5) is 0. The lowest BCUT2D eigenvalue weighted by Crippen LogP contribution is -2.15. The maximum Gasteiger partial charge on any atom is 0.0547 e. The summed E-state index contributed by atoms with van der Waals surface area (Å²) in [5, 5.41) is 7.83. The smallest absolute Gasteiger partial charge is 0.0547 e. The fourth-order valence-electron chi connectivity index (χ4n) is 11.3. The monoisotopic (exact) mass is 1100 g/mol. The summed E-state index contributed by atoms with van der Waals surface area (Å²) in [6.45, 7) is 9.29. The minimum absolute atomic E-state index is 0.0457. The Bertz CT molecular complexity index is 3780. The Hall–Kier alpha value is -5.79. The predicted octanol–water partition coefficient (Wildman–Crippen LogP) is 18.8. The molecule has 0 amide bonds. The van der Waals surface area contributed by atoms with Crippen molar-refractivity contribution >= 4 is 97.8 Å². The van der Waals surface area contributed by atoms with Crippen molar-refractivity contribution < 1.29 is 0 Å². The molecule has 0 aliphatic heterocycles. The average molecular weight is 1100 g/mol. The lowest BCUT2D eigenvalue weighted by Gasteiger charge is -2.22. The van der Waals surface area contributed by atoms with E-state index in [9.17, 15) is 0 Å². The normalized spacial score (nSPS) is 14.1. The standard InChI is InChI=1S/C31H22BrN.C17H12.C15H12BrI/c1-31(2)27-17-21(32)11-13-23(27)24-14-12-22(18-28(24)31)33-29-10-6-5-9-25(29)26-15-19-7-3-4-8-20(19)16-30(26)33;1-2-6-13-11-17-15(9-12(13)5-1)10-14-7-3-4-8-16(14)17;1-15(2)13-7-9(16)3-5-11(13)12-6-4-10(17)8-14(12)15/h3-18H,1-2H3;1-9,11H,10H2;3-8H,1-2H3. The number of aromatic nitrogens is 1. The zero-order valence-corrected chi connectivity index (χ0v) is 43.1. The Kier molecular flexibility index (Phi) is 10.3. The molecule has 11 aromatic rings. The van der Waals surface area contributed by atoms with Crippen LogP contribution in [0, 0.1) is 3.57 Å². The van der Waals surface area contributed by atoms with Gasteiger partial charge in [0.2, 0.25) is 0 Å². The van der Waals surface area contributed by atoms with E-state index in [-0.39, 0.29) is 10.8 Å². The first-order valence-electron chi connectivity index (χ1n) is 23.0. The number of hydrogen-bond acceptors (Lipinski definition) is 0. The van der Waals surface area contributed by atoms with Crippen LogP contribution >= 0.6 is 54.5 Å². The van der Waals surface area contributed by atoms with Gasteiger partial charge in [-0.2, -0.15) is 0 Å². The maximum absolute atomic E-state index is 3.68. The molecule has 0 fully saturated rings. The number of rotatable bonds is 1. The topological polar surface area (TPSA) is 4.93 Å². The van der Waals surface area contributed by atoms with Gasteiger partial charge in [-0.15, -0.1) is 0 Å². The lowest BCUT2D eigenvalue weighted by atomic mass is 9.82. The first-order chi connectivity index (χ1) is 32.4. The number of fused-ring (bicyclic) bond motifs is 14. The minimum atomic E-state index is -0.0457. The second kappa shape index (κ2) is 16.2. The Morgan fingerprint density at radius 2 is 0.896 bits per heavy atom. The molecule has 0 atom stereocenters. The zero-order valence-electron chi connectivity index (χ0n) is 37.8. The molecule has 0 unspecified atom stereocenters. The Morgan fingerprint density at radius 1 is 0.388 bits per heavy atom. The summed E-state index contributed by atoms with van der Waals surface area (Å²) in [5.74, 6) is 0. The van der Waals surface area contributed by atoms with Gasteiger partial charge in [0, 0.05) is 39.8 Å². The van der Waals surface area contributed by atoms with Crippen LogP contribution in [0.5, 0.6) is 0 Å². The van der Waals surface area contributed by atoms with Crippen LogP contribution in [0.25, 0.3) is 82.4 Å². The highest BCUT2D eigenvalue weighted by Crippen LogP contribution is 2.51. The molecule has 67 heavy (non-hydrogen) atoms. The van der Waals surface area contributed by atoms with Crippen LogP contribution in [-0.4, -0.2) is 4.57 Å². The number of halogens is 3. The Morgan fingerprint density at radius 3 is 1.57 bits per heavy atom. The fourth-order valence-corrected chi connectivity index (χ4v) is 12.5. The minimum Gasteiger partial charge on any atom is -0.309 e. The molecule has 10 aromatic carbocycles. The van der Waals surface area contributed by atoms with Crippen LogP contribution in [0.15, 0.2) is 203 Å². The summed E-state index contributed by atoms with van der Waals surface area (Å²) in [5.41, 5.74) is 20.6.